The predicted molar refractivity (Wildman–Crippen MR) is 106 cm³/mol. The summed E-state index contributed by atoms with van der Waals surface area (Å²) < 4.78 is 5.78. The van der Waals surface area contributed by atoms with E-state index in [0.29, 0.717) is 28.8 Å². The number of benzene rings is 3. The Hall–Kier alpha value is -2.98. The van der Waals surface area contributed by atoms with Crippen LogP contribution in [0.4, 0.5) is 16.2 Å². The average molecular weight is 367 g/mol. The number of hydrogen-bond donors (Lipinski definition) is 2. The average Bonchev–Trinajstić information content (AvgIpc) is 2.65. The van der Waals surface area contributed by atoms with Crippen LogP contribution >= 0.6 is 11.6 Å². The summed E-state index contributed by atoms with van der Waals surface area (Å²) in [6, 6.07) is 24.1. The molecule has 0 aliphatic heterocycles. The summed E-state index contributed by atoms with van der Waals surface area (Å²) in [5.74, 6) is 0.713. The van der Waals surface area contributed by atoms with Gasteiger partial charge in [-0.1, -0.05) is 48.0 Å². The van der Waals surface area contributed by atoms with E-state index in [1.54, 1.807) is 30.3 Å². The zero-order valence-corrected chi connectivity index (χ0v) is 14.9. The van der Waals surface area contributed by atoms with Gasteiger partial charge >= 0.3 is 6.03 Å². The Morgan fingerprint density at radius 2 is 1.58 bits per heavy atom. The first-order chi connectivity index (χ1) is 12.7. The summed E-state index contributed by atoms with van der Waals surface area (Å²) in [6.07, 6.45) is 0.829. The van der Waals surface area contributed by atoms with Crippen LogP contribution in [-0.2, 0) is 6.42 Å². The van der Waals surface area contributed by atoms with Gasteiger partial charge < -0.3 is 15.4 Å². The minimum atomic E-state index is -0.325. The number of hydrogen-bond acceptors (Lipinski definition) is 2. The summed E-state index contributed by atoms with van der Waals surface area (Å²) in [5.41, 5.74) is 2.56. The van der Waals surface area contributed by atoms with Gasteiger partial charge in [0.15, 0.2) is 0 Å². The van der Waals surface area contributed by atoms with Crippen molar-refractivity contribution in [1.82, 2.24) is 0 Å². The zero-order valence-electron chi connectivity index (χ0n) is 14.1. The van der Waals surface area contributed by atoms with Crippen molar-refractivity contribution >= 4 is 29.0 Å². The first-order valence-corrected chi connectivity index (χ1v) is 8.67. The van der Waals surface area contributed by atoms with Gasteiger partial charge in [0.05, 0.1) is 6.61 Å². The van der Waals surface area contributed by atoms with E-state index in [4.69, 9.17) is 16.3 Å². The molecule has 3 rings (SSSR count). The lowest BCUT2D eigenvalue weighted by molar-refractivity contribution is 0.262. The Bertz CT molecular complexity index is 851. The topological polar surface area (TPSA) is 50.4 Å². The van der Waals surface area contributed by atoms with Gasteiger partial charge in [-0.2, -0.15) is 0 Å². The van der Waals surface area contributed by atoms with Crippen LogP contribution in [0, 0.1) is 0 Å². The molecule has 3 aromatic carbocycles. The Balaban J connectivity index is 1.51. The molecule has 5 heteroatoms. The number of urea groups is 1. The summed E-state index contributed by atoms with van der Waals surface area (Å²) in [4.78, 5) is 12.1. The van der Waals surface area contributed by atoms with Gasteiger partial charge in [0, 0.05) is 28.9 Å². The molecule has 2 amide bonds. The maximum atomic E-state index is 12.1. The second-order valence-corrected chi connectivity index (χ2v) is 6.13. The standard InChI is InChI=1S/C21H19ClN2O2/c22-17-9-11-18(12-10-17)23-21(25)24-19-7-4-8-20(15-19)26-14-13-16-5-2-1-3-6-16/h1-12,15H,13-14H2,(H2,23,24,25). The SMILES string of the molecule is O=C(Nc1ccc(Cl)cc1)Nc1cccc(OCCc2ccccc2)c1. The minimum absolute atomic E-state index is 0.325. The van der Waals surface area contributed by atoms with Crippen LogP contribution < -0.4 is 15.4 Å². The molecule has 0 bridgehead atoms. The zero-order chi connectivity index (χ0) is 18.2. The van der Waals surface area contributed by atoms with Crippen molar-refractivity contribution in [2.75, 3.05) is 17.2 Å². The predicted octanol–water partition coefficient (Wildman–Crippen LogP) is 5.61. The molecule has 0 saturated carbocycles. The van der Waals surface area contributed by atoms with Crippen molar-refractivity contribution in [2.45, 2.75) is 6.42 Å². The van der Waals surface area contributed by atoms with Crippen LogP contribution in [0.3, 0.4) is 0 Å². The van der Waals surface area contributed by atoms with E-state index in [0.717, 1.165) is 6.42 Å². The molecule has 0 aliphatic rings. The largest absolute Gasteiger partial charge is 0.493 e. The van der Waals surface area contributed by atoms with Gasteiger partial charge in [-0.15, -0.1) is 0 Å². The highest BCUT2D eigenvalue weighted by Crippen LogP contribution is 2.19. The van der Waals surface area contributed by atoms with Gasteiger partial charge in [-0.25, -0.2) is 4.79 Å². The summed E-state index contributed by atoms with van der Waals surface area (Å²) in [6.45, 7) is 0.574. The Labute approximate surface area is 157 Å². The van der Waals surface area contributed by atoms with Gasteiger partial charge in [0.1, 0.15) is 5.75 Å². The quantitative estimate of drug-likeness (QED) is 0.596. The highest BCUT2D eigenvalue weighted by molar-refractivity contribution is 6.30. The first-order valence-electron chi connectivity index (χ1n) is 8.29. The maximum Gasteiger partial charge on any atom is 0.323 e. The highest BCUT2D eigenvalue weighted by atomic mass is 35.5. The van der Waals surface area contributed by atoms with E-state index in [1.807, 2.05) is 36.4 Å². The van der Waals surface area contributed by atoms with Crippen LogP contribution in [0.15, 0.2) is 78.9 Å². The lowest BCUT2D eigenvalue weighted by Crippen LogP contribution is -2.19. The first kappa shape index (κ1) is 17.8. The lowest BCUT2D eigenvalue weighted by Gasteiger charge is -2.10. The molecule has 0 aliphatic carbocycles. The molecule has 0 unspecified atom stereocenters. The molecule has 0 saturated heterocycles. The maximum absolute atomic E-state index is 12.1. The summed E-state index contributed by atoms with van der Waals surface area (Å²) in [7, 11) is 0. The van der Waals surface area contributed by atoms with Crippen molar-refractivity contribution in [2.24, 2.45) is 0 Å². The van der Waals surface area contributed by atoms with Crippen LogP contribution in [0.2, 0.25) is 5.02 Å². The van der Waals surface area contributed by atoms with Gasteiger partial charge in [-0.05, 0) is 42.0 Å². The smallest absolute Gasteiger partial charge is 0.323 e. The van der Waals surface area contributed by atoms with E-state index < -0.39 is 0 Å². The van der Waals surface area contributed by atoms with Crippen molar-refractivity contribution in [3.63, 3.8) is 0 Å². The van der Waals surface area contributed by atoms with Crippen molar-refractivity contribution in [3.05, 3.63) is 89.4 Å². The number of anilines is 2. The number of ether oxygens (including phenoxy) is 1. The van der Waals surface area contributed by atoms with Crippen LogP contribution in [0.5, 0.6) is 5.75 Å². The minimum Gasteiger partial charge on any atom is -0.493 e. The van der Waals surface area contributed by atoms with Gasteiger partial charge in [0.2, 0.25) is 0 Å². The number of carbonyl (C=O) groups excluding carboxylic acids is 1. The molecule has 26 heavy (non-hydrogen) atoms. The van der Waals surface area contributed by atoms with E-state index in [2.05, 4.69) is 22.8 Å². The molecule has 0 fully saturated rings. The van der Waals surface area contributed by atoms with E-state index in [9.17, 15) is 4.79 Å². The second kappa shape index (κ2) is 8.92. The summed E-state index contributed by atoms with van der Waals surface area (Å²) >= 11 is 5.83. The molecule has 0 aromatic heterocycles. The second-order valence-electron chi connectivity index (χ2n) is 5.70. The lowest BCUT2D eigenvalue weighted by atomic mass is 10.2. The van der Waals surface area contributed by atoms with E-state index >= 15 is 0 Å². The third kappa shape index (κ3) is 5.53. The molecular formula is C21H19ClN2O2. The van der Waals surface area contributed by atoms with Crippen molar-refractivity contribution in [1.29, 1.82) is 0 Å². The molecule has 2 N–H and O–H groups in total. The number of carbonyl (C=O) groups is 1. The molecule has 0 atom stereocenters. The highest BCUT2D eigenvalue weighted by Gasteiger charge is 2.04. The molecule has 0 radical (unpaired) electrons. The Morgan fingerprint density at radius 1 is 0.846 bits per heavy atom. The van der Waals surface area contributed by atoms with Crippen LogP contribution in [-0.4, -0.2) is 12.6 Å². The third-order valence-corrected chi connectivity index (χ3v) is 3.95. The van der Waals surface area contributed by atoms with Crippen LogP contribution in [0.1, 0.15) is 5.56 Å². The fraction of sp³-hybridized carbons (Fsp3) is 0.0952. The number of amides is 2. The van der Waals surface area contributed by atoms with Crippen molar-refractivity contribution in [3.8, 4) is 5.75 Å². The molecule has 132 valence electrons. The van der Waals surface area contributed by atoms with Gasteiger partial charge in [-0.3, -0.25) is 0 Å². The number of halogens is 1. The molecule has 0 heterocycles. The Kier molecular flexibility index (Phi) is 6.12. The fourth-order valence-corrected chi connectivity index (χ4v) is 2.55. The van der Waals surface area contributed by atoms with Crippen molar-refractivity contribution < 1.29 is 9.53 Å². The Morgan fingerprint density at radius 3 is 2.35 bits per heavy atom. The molecular weight excluding hydrogens is 348 g/mol. The van der Waals surface area contributed by atoms with Gasteiger partial charge in [0.25, 0.3) is 0 Å². The molecule has 3 aromatic rings. The van der Waals surface area contributed by atoms with E-state index in [1.165, 1.54) is 5.56 Å². The molecule has 0 spiro atoms. The number of rotatable bonds is 6. The normalized spacial score (nSPS) is 10.2. The number of nitrogens with one attached hydrogen (secondary N) is 2. The van der Waals surface area contributed by atoms with E-state index in [-0.39, 0.29) is 6.03 Å². The monoisotopic (exact) mass is 366 g/mol. The fourth-order valence-electron chi connectivity index (χ4n) is 2.42. The van der Waals surface area contributed by atoms with Crippen LogP contribution in [0.25, 0.3) is 0 Å². The molecule has 4 nitrogen and oxygen atoms in total. The summed E-state index contributed by atoms with van der Waals surface area (Å²) in [5, 5.41) is 6.16. The third-order valence-electron chi connectivity index (χ3n) is 3.70.